The summed E-state index contributed by atoms with van der Waals surface area (Å²) in [6, 6.07) is 3.81. The summed E-state index contributed by atoms with van der Waals surface area (Å²) in [5, 5.41) is 0. The molecule has 0 aliphatic heterocycles. The largest absolute Gasteiger partial charge is 1.00 e. The molecule has 0 unspecified atom stereocenters. The van der Waals surface area contributed by atoms with E-state index in [0.717, 1.165) is 19.4 Å². The van der Waals surface area contributed by atoms with Gasteiger partial charge in [-0.2, -0.15) is 0 Å². The Hall–Kier alpha value is -1.09. The molecule has 1 heterocycles. The van der Waals surface area contributed by atoms with E-state index in [0.29, 0.717) is 12.2 Å². The topological polar surface area (TPSA) is 30.2 Å². The number of esters is 1. The lowest BCUT2D eigenvalue weighted by atomic mass is 10.1. The standard InChI is InChI=1S/C32H58NO2.ClH/c1-3-5-7-9-11-13-15-16-18-20-22-24-30-35-32(34)31-25-28-33(29-26-31)27-23-21-19-17-14-12-10-8-6-4-2;/h25-26,28-29H,3-24,27,30H2,1-2H3;1H/q+1;/p-1. The van der Waals surface area contributed by atoms with Gasteiger partial charge in [-0.05, 0) is 12.8 Å². The van der Waals surface area contributed by atoms with Crippen molar-refractivity contribution in [3.63, 3.8) is 0 Å². The Morgan fingerprint density at radius 3 is 1.36 bits per heavy atom. The van der Waals surface area contributed by atoms with Gasteiger partial charge in [-0.3, -0.25) is 0 Å². The second-order valence-electron chi connectivity index (χ2n) is 10.5. The molecule has 4 heteroatoms. The van der Waals surface area contributed by atoms with E-state index in [9.17, 15) is 4.79 Å². The van der Waals surface area contributed by atoms with Crippen molar-refractivity contribution in [3.8, 4) is 0 Å². The average molecular weight is 524 g/mol. The summed E-state index contributed by atoms with van der Waals surface area (Å²) in [4.78, 5) is 12.3. The molecule has 0 bridgehead atoms. The van der Waals surface area contributed by atoms with E-state index in [1.165, 1.54) is 128 Å². The van der Waals surface area contributed by atoms with Crippen LogP contribution in [0.3, 0.4) is 0 Å². The lowest BCUT2D eigenvalue weighted by Gasteiger charge is -2.05. The molecular weight excluding hydrogens is 466 g/mol. The van der Waals surface area contributed by atoms with Crippen LogP contribution in [0.5, 0.6) is 0 Å². The molecule has 0 amide bonds. The Kier molecular flexibility index (Phi) is 26.1. The molecule has 0 fully saturated rings. The monoisotopic (exact) mass is 523 g/mol. The van der Waals surface area contributed by atoms with E-state index >= 15 is 0 Å². The number of hydrogen-bond acceptors (Lipinski definition) is 2. The first kappa shape index (κ1) is 34.9. The predicted molar refractivity (Wildman–Crippen MR) is 150 cm³/mol. The summed E-state index contributed by atoms with van der Waals surface area (Å²) in [6.45, 7) is 6.13. The third-order valence-corrected chi connectivity index (χ3v) is 7.13. The molecule has 1 aromatic heterocycles. The zero-order valence-electron chi connectivity index (χ0n) is 23.9. The van der Waals surface area contributed by atoms with Crippen molar-refractivity contribution in [1.82, 2.24) is 0 Å². The van der Waals surface area contributed by atoms with Crippen molar-refractivity contribution in [2.75, 3.05) is 6.61 Å². The van der Waals surface area contributed by atoms with Gasteiger partial charge in [-0.1, -0.05) is 136 Å². The first-order valence-electron chi connectivity index (χ1n) is 15.4. The second kappa shape index (κ2) is 27.0. The van der Waals surface area contributed by atoms with Crippen LogP contribution in [0.2, 0.25) is 0 Å². The summed E-state index contributed by atoms with van der Waals surface area (Å²) in [6.07, 6.45) is 33.5. The van der Waals surface area contributed by atoms with E-state index in [2.05, 4.69) is 18.4 Å². The van der Waals surface area contributed by atoms with Gasteiger partial charge in [-0.15, -0.1) is 0 Å². The molecule has 1 rings (SSSR count). The van der Waals surface area contributed by atoms with Crippen LogP contribution in [0.4, 0.5) is 0 Å². The quantitative estimate of drug-likeness (QED) is 0.0805. The molecule has 0 radical (unpaired) electrons. The summed E-state index contributed by atoms with van der Waals surface area (Å²) in [5.74, 6) is -0.181. The fourth-order valence-corrected chi connectivity index (χ4v) is 4.72. The number of unbranched alkanes of at least 4 members (excludes halogenated alkanes) is 20. The Morgan fingerprint density at radius 2 is 0.944 bits per heavy atom. The van der Waals surface area contributed by atoms with Gasteiger partial charge in [0, 0.05) is 18.6 Å². The van der Waals surface area contributed by atoms with Crippen LogP contribution >= 0.6 is 0 Å². The average Bonchev–Trinajstić information content (AvgIpc) is 2.88. The smallest absolute Gasteiger partial charge is 0.338 e. The van der Waals surface area contributed by atoms with Crippen molar-refractivity contribution in [2.45, 2.75) is 162 Å². The number of carbonyl (C=O) groups excluding carboxylic acids is 1. The lowest BCUT2D eigenvalue weighted by molar-refractivity contribution is -0.697. The Bertz CT molecular complexity index is 590. The van der Waals surface area contributed by atoms with Crippen molar-refractivity contribution in [2.24, 2.45) is 0 Å². The summed E-state index contributed by atoms with van der Waals surface area (Å²) in [7, 11) is 0. The zero-order valence-corrected chi connectivity index (χ0v) is 24.7. The van der Waals surface area contributed by atoms with Crippen molar-refractivity contribution < 1.29 is 26.5 Å². The molecule has 0 aliphatic carbocycles. The molecule has 0 saturated carbocycles. The Morgan fingerprint density at radius 1 is 0.583 bits per heavy atom. The van der Waals surface area contributed by atoms with Crippen LogP contribution in [-0.2, 0) is 11.3 Å². The minimum atomic E-state index is -0.181. The van der Waals surface area contributed by atoms with Gasteiger partial charge in [-0.25, -0.2) is 9.36 Å². The predicted octanol–water partition coefficient (Wildman–Crippen LogP) is 6.76. The number of ether oxygens (including phenoxy) is 1. The molecule has 0 saturated heterocycles. The molecule has 0 spiro atoms. The van der Waals surface area contributed by atoms with Gasteiger partial charge >= 0.3 is 5.97 Å². The van der Waals surface area contributed by atoms with Crippen LogP contribution < -0.4 is 17.0 Å². The molecule has 0 aromatic carbocycles. The van der Waals surface area contributed by atoms with Crippen LogP contribution in [-0.4, -0.2) is 12.6 Å². The fraction of sp³-hybridized carbons (Fsp3) is 0.812. The van der Waals surface area contributed by atoms with Gasteiger partial charge in [0.25, 0.3) is 0 Å². The first-order valence-corrected chi connectivity index (χ1v) is 15.4. The molecule has 210 valence electrons. The van der Waals surface area contributed by atoms with Gasteiger partial charge in [0.05, 0.1) is 12.2 Å². The highest BCUT2D eigenvalue weighted by Gasteiger charge is 2.09. The molecule has 36 heavy (non-hydrogen) atoms. The van der Waals surface area contributed by atoms with Crippen molar-refractivity contribution >= 4 is 5.97 Å². The van der Waals surface area contributed by atoms with E-state index in [1.54, 1.807) is 0 Å². The van der Waals surface area contributed by atoms with E-state index < -0.39 is 0 Å². The summed E-state index contributed by atoms with van der Waals surface area (Å²) < 4.78 is 7.67. The maximum absolute atomic E-state index is 12.3. The Labute approximate surface area is 230 Å². The van der Waals surface area contributed by atoms with Crippen molar-refractivity contribution in [1.29, 1.82) is 0 Å². The normalized spacial score (nSPS) is 10.8. The Balaban J connectivity index is 0.0000122. The van der Waals surface area contributed by atoms with Gasteiger partial charge in [0.1, 0.15) is 6.54 Å². The highest BCUT2D eigenvalue weighted by molar-refractivity contribution is 5.88. The number of hydrogen-bond donors (Lipinski definition) is 0. The van der Waals surface area contributed by atoms with Crippen LogP contribution in [0.25, 0.3) is 0 Å². The number of nitrogens with zero attached hydrogens (tertiary/aromatic N) is 1. The third kappa shape index (κ3) is 21.0. The highest BCUT2D eigenvalue weighted by atomic mass is 35.5. The van der Waals surface area contributed by atoms with Crippen molar-refractivity contribution in [3.05, 3.63) is 30.1 Å². The molecule has 0 atom stereocenters. The number of aromatic nitrogens is 1. The number of rotatable bonds is 25. The summed E-state index contributed by atoms with van der Waals surface area (Å²) >= 11 is 0. The maximum atomic E-state index is 12.3. The summed E-state index contributed by atoms with van der Waals surface area (Å²) in [5.41, 5.74) is 0.670. The highest BCUT2D eigenvalue weighted by Crippen LogP contribution is 2.13. The molecule has 3 nitrogen and oxygen atoms in total. The van der Waals surface area contributed by atoms with E-state index in [1.807, 2.05) is 24.5 Å². The first-order chi connectivity index (χ1) is 17.3. The van der Waals surface area contributed by atoms with Gasteiger partial charge in [0.2, 0.25) is 0 Å². The van der Waals surface area contributed by atoms with Gasteiger partial charge < -0.3 is 17.1 Å². The third-order valence-electron chi connectivity index (χ3n) is 7.13. The van der Waals surface area contributed by atoms with Crippen LogP contribution in [0.1, 0.15) is 165 Å². The SMILES string of the molecule is CCCCCCCCCCCCCCOC(=O)c1cc[n+](CCCCCCCCCCCC)cc1.[Cl-]. The van der Waals surface area contributed by atoms with Gasteiger partial charge in [0.15, 0.2) is 12.4 Å². The maximum Gasteiger partial charge on any atom is 0.338 e. The minimum absolute atomic E-state index is 0. The molecular formula is C32H58ClNO2. The van der Waals surface area contributed by atoms with E-state index in [4.69, 9.17) is 4.74 Å². The number of carbonyl (C=O) groups is 1. The molecule has 0 aliphatic rings. The van der Waals surface area contributed by atoms with Crippen LogP contribution in [0.15, 0.2) is 24.5 Å². The lowest BCUT2D eigenvalue weighted by Crippen LogP contribution is -3.00. The zero-order chi connectivity index (χ0) is 25.2. The fourth-order valence-electron chi connectivity index (χ4n) is 4.72. The second-order valence-corrected chi connectivity index (χ2v) is 10.5. The van der Waals surface area contributed by atoms with Crippen LogP contribution in [0, 0.1) is 0 Å². The molecule has 1 aromatic rings. The number of halogens is 1. The van der Waals surface area contributed by atoms with E-state index in [-0.39, 0.29) is 18.4 Å². The minimum Gasteiger partial charge on any atom is -1.00 e. The molecule has 0 N–H and O–H groups in total. The number of aryl methyl sites for hydroxylation is 1. The number of pyridine rings is 1.